The van der Waals surface area contributed by atoms with Crippen molar-refractivity contribution in [2.45, 2.75) is 32.9 Å². The van der Waals surface area contributed by atoms with Gasteiger partial charge in [0.2, 0.25) is 0 Å². The van der Waals surface area contributed by atoms with Crippen LogP contribution >= 0.6 is 11.6 Å². The maximum absolute atomic E-state index is 6.43. The Morgan fingerprint density at radius 1 is 1.35 bits per heavy atom. The van der Waals surface area contributed by atoms with Gasteiger partial charge in [0.05, 0.1) is 0 Å². The van der Waals surface area contributed by atoms with Crippen LogP contribution in [0.2, 0.25) is 5.02 Å². The van der Waals surface area contributed by atoms with Crippen molar-refractivity contribution in [3.63, 3.8) is 0 Å². The van der Waals surface area contributed by atoms with E-state index in [0.717, 1.165) is 44.2 Å². The van der Waals surface area contributed by atoms with Gasteiger partial charge in [-0.25, -0.2) is 0 Å². The fourth-order valence-electron chi connectivity index (χ4n) is 2.88. The number of hydrogen-bond donors (Lipinski definition) is 1. The number of benzene rings is 1. The largest absolute Gasteiger partial charge is 0.366 e. The van der Waals surface area contributed by atoms with E-state index in [4.69, 9.17) is 11.6 Å². The van der Waals surface area contributed by atoms with Gasteiger partial charge in [-0.15, -0.1) is 0 Å². The van der Waals surface area contributed by atoms with E-state index in [9.17, 15) is 0 Å². The normalized spacial score (nSPS) is 20.4. The molecule has 0 saturated carbocycles. The third-order valence-corrected chi connectivity index (χ3v) is 4.32. The number of nitrogens with one attached hydrogen (secondary N) is 1. The molecule has 1 aliphatic heterocycles. The summed E-state index contributed by atoms with van der Waals surface area (Å²) in [6, 6.07) is 6.79. The zero-order chi connectivity index (χ0) is 14.5. The number of hydrogen-bond acceptors (Lipinski definition) is 3. The molecule has 0 amide bonds. The molecule has 0 aromatic heterocycles. The molecule has 1 saturated heterocycles. The van der Waals surface area contributed by atoms with E-state index in [-0.39, 0.29) is 0 Å². The Bertz CT molecular complexity index is 436. The molecule has 0 radical (unpaired) electrons. The molecule has 20 heavy (non-hydrogen) atoms. The van der Waals surface area contributed by atoms with Gasteiger partial charge >= 0.3 is 0 Å². The van der Waals surface area contributed by atoms with Crippen LogP contribution in [0.15, 0.2) is 18.2 Å². The highest BCUT2D eigenvalue weighted by molar-refractivity contribution is 6.31. The SMILES string of the molecule is CCCNCc1c(Cl)cccc1N1CCN(C)CC1C. The van der Waals surface area contributed by atoms with Crippen LogP contribution in [-0.2, 0) is 6.54 Å². The maximum Gasteiger partial charge on any atom is 0.0471 e. The third-order valence-electron chi connectivity index (χ3n) is 3.96. The summed E-state index contributed by atoms with van der Waals surface area (Å²) < 4.78 is 0. The van der Waals surface area contributed by atoms with Crippen LogP contribution in [0.4, 0.5) is 5.69 Å². The minimum absolute atomic E-state index is 0.525. The molecule has 0 spiro atoms. The molecule has 1 unspecified atom stereocenters. The van der Waals surface area contributed by atoms with Crippen LogP contribution in [0, 0.1) is 0 Å². The van der Waals surface area contributed by atoms with Gasteiger partial charge in [0.15, 0.2) is 0 Å². The van der Waals surface area contributed by atoms with Crippen molar-refractivity contribution in [1.29, 1.82) is 0 Å². The van der Waals surface area contributed by atoms with Crippen molar-refractivity contribution >= 4 is 17.3 Å². The zero-order valence-electron chi connectivity index (χ0n) is 12.8. The van der Waals surface area contributed by atoms with E-state index in [1.165, 1.54) is 11.3 Å². The Kier molecular flexibility index (Phi) is 5.70. The first kappa shape index (κ1) is 15.6. The van der Waals surface area contributed by atoms with Gasteiger partial charge in [0, 0.05) is 48.5 Å². The maximum atomic E-state index is 6.43. The fourth-order valence-corrected chi connectivity index (χ4v) is 3.12. The average Bonchev–Trinajstić information content (AvgIpc) is 2.41. The standard InChI is InChI=1S/C16H26ClN3/c1-4-8-18-11-14-15(17)6-5-7-16(14)20-10-9-19(3)12-13(20)2/h5-7,13,18H,4,8-12H2,1-3H3. The van der Waals surface area contributed by atoms with Crippen molar-refractivity contribution < 1.29 is 0 Å². The first-order valence-electron chi connectivity index (χ1n) is 7.56. The molecule has 1 aliphatic rings. The van der Waals surface area contributed by atoms with Crippen LogP contribution in [0.1, 0.15) is 25.8 Å². The summed E-state index contributed by atoms with van der Waals surface area (Å²) in [6.45, 7) is 9.64. The Balaban J connectivity index is 2.19. The quantitative estimate of drug-likeness (QED) is 0.843. The summed E-state index contributed by atoms with van der Waals surface area (Å²) in [5, 5.41) is 4.35. The van der Waals surface area contributed by atoms with Crippen LogP contribution < -0.4 is 10.2 Å². The molecular weight excluding hydrogens is 270 g/mol. The van der Waals surface area contributed by atoms with E-state index < -0.39 is 0 Å². The van der Waals surface area contributed by atoms with Gasteiger partial charge in [0.25, 0.3) is 0 Å². The lowest BCUT2D eigenvalue weighted by atomic mass is 10.1. The van der Waals surface area contributed by atoms with Crippen molar-refractivity contribution in [3.8, 4) is 0 Å². The minimum Gasteiger partial charge on any atom is -0.366 e. The summed E-state index contributed by atoms with van der Waals surface area (Å²) in [4.78, 5) is 4.88. The van der Waals surface area contributed by atoms with Crippen molar-refractivity contribution in [1.82, 2.24) is 10.2 Å². The predicted octanol–water partition coefficient (Wildman–Crippen LogP) is 2.98. The van der Waals surface area contributed by atoms with E-state index in [0.29, 0.717) is 6.04 Å². The van der Waals surface area contributed by atoms with Gasteiger partial charge < -0.3 is 15.1 Å². The number of nitrogens with zero attached hydrogens (tertiary/aromatic N) is 2. The Morgan fingerprint density at radius 3 is 2.85 bits per heavy atom. The molecule has 1 fully saturated rings. The second kappa shape index (κ2) is 7.30. The fraction of sp³-hybridized carbons (Fsp3) is 0.625. The highest BCUT2D eigenvalue weighted by Crippen LogP contribution is 2.30. The van der Waals surface area contributed by atoms with Gasteiger partial charge in [0.1, 0.15) is 0 Å². The summed E-state index contributed by atoms with van der Waals surface area (Å²) in [6.07, 6.45) is 1.14. The summed E-state index contributed by atoms with van der Waals surface area (Å²) >= 11 is 6.43. The van der Waals surface area contributed by atoms with Gasteiger partial charge in [-0.2, -0.15) is 0 Å². The molecule has 0 bridgehead atoms. The molecule has 3 nitrogen and oxygen atoms in total. The monoisotopic (exact) mass is 295 g/mol. The summed E-state index contributed by atoms with van der Waals surface area (Å²) in [5.41, 5.74) is 2.53. The topological polar surface area (TPSA) is 18.5 Å². The Hall–Kier alpha value is -0.770. The minimum atomic E-state index is 0.525. The van der Waals surface area contributed by atoms with E-state index in [1.54, 1.807) is 0 Å². The first-order chi connectivity index (χ1) is 9.63. The van der Waals surface area contributed by atoms with Crippen molar-refractivity contribution in [2.24, 2.45) is 0 Å². The van der Waals surface area contributed by atoms with Gasteiger partial charge in [-0.3, -0.25) is 0 Å². The molecule has 2 rings (SSSR count). The van der Waals surface area contributed by atoms with Crippen LogP contribution in [0.5, 0.6) is 0 Å². The number of rotatable bonds is 5. The lowest BCUT2D eigenvalue weighted by molar-refractivity contribution is 0.275. The van der Waals surface area contributed by atoms with Crippen molar-refractivity contribution in [2.75, 3.05) is 38.1 Å². The lowest BCUT2D eigenvalue weighted by Crippen LogP contribution is -2.50. The highest BCUT2D eigenvalue weighted by atomic mass is 35.5. The van der Waals surface area contributed by atoms with Crippen LogP contribution in [0.25, 0.3) is 0 Å². The molecular formula is C16H26ClN3. The number of halogens is 1. The van der Waals surface area contributed by atoms with Crippen molar-refractivity contribution in [3.05, 3.63) is 28.8 Å². The number of anilines is 1. The van der Waals surface area contributed by atoms with Crippen LogP contribution in [0.3, 0.4) is 0 Å². The molecule has 1 N–H and O–H groups in total. The number of likely N-dealkylation sites (N-methyl/N-ethyl adjacent to an activating group) is 1. The first-order valence-corrected chi connectivity index (χ1v) is 7.94. The van der Waals surface area contributed by atoms with Gasteiger partial charge in [-0.05, 0) is 39.1 Å². The average molecular weight is 296 g/mol. The number of piperazine rings is 1. The van der Waals surface area contributed by atoms with Gasteiger partial charge in [-0.1, -0.05) is 24.6 Å². The molecule has 1 atom stereocenters. The molecule has 1 aromatic carbocycles. The molecule has 0 aliphatic carbocycles. The highest BCUT2D eigenvalue weighted by Gasteiger charge is 2.24. The molecule has 112 valence electrons. The zero-order valence-corrected chi connectivity index (χ0v) is 13.6. The third kappa shape index (κ3) is 3.66. The van der Waals surface area contributed by atoms with E-state index in [1.807, 2.05) is 6.07 Å². The Morgan fingerprint density at radius 2 is 2.15 bits per heavy atom. The Labute approximate surface area is 127 Å². The second-order valence-corrected chi connectivity index (χ2v) is 6.13. The lowest BCUT2D eigenvalue weighted by Gasteiger charge is -2.40. The second-order valence-electron chi connectivity index (χ2n) is 5.72. The molecule has 1 aromatic rings. The smallest absolute Gasteiger partial charge is 0.0471 e. The molecule has 4 heteroatoms. The molecule has 1 heterocycles. The summed E-state index contributed by atoms with van der Waals surface area (Å²) in [5.74, 6) is 0. The summed E-state index contributed by atoms with van der Waals surface area (Å²) in [7, 11) is 2.19. The van der Waals surface area contributed by atoms with E-state index in [2.05, 4.69) is 48.1 Å². The van der Waals surface area contributed by atoms with E-state index >= 15 is 0 Å². The van der Waals surface area contributed by atoms with Crippen LogP contribution in [-0.4, -0.2) is 44.2 Å². The predicted molar refractivity (Wildman–Crippen MR) is 87.8 cm³/mol.